The van der Waals surface area contributed by atoms with Gasteiger partial charge in [0.25, 0.3) is 0 Å². The number of amides is 1. The van der Waals surface area contributed by atoms with Crippen molar-refractivity contribution in [3.05, 3.63) is 22.4 Å². The molecule has 1 aliphatic rings. The molecule has 2 rings (SSSR count). The van der Waals surface area contributed by atoms with Gasteiger partial charge in [-0.25, -0.2) is 0 Å². The molecule has 0 saturated carbocycles. The molecule has 4 nitrogen and oxygen atoms in total. The van der Waals surface area contributed by atoms with Crippen LogP contribution < -0.4 is 10.6 Å². The molecule has 0 spiro atoms. The Morgan fingerprint density at radius 2 is 2.42 bits per heavy atom. The van der Waals surface area contributed by atoms with Crippen LogP contribution in [0.2, 0.25) is 0 Å². The number of thiophene rings is 1. The lowest BCUT2D eigenvalue weighted by molar-refractivity contribution is -0.122. The zero-order valence-electron chi connectivity index (χ0n) is 11.4. The van der Waals surface area contributed by atoms with Gasteiger partial charge in [-0.15, -0.1) is 23.7 Å². The number of rotatable bonds is 5. The van der Waals surface area contributed by atoms with Gasteiger partial charge in [0.1, 0.15) is 0 Å². The summed E-state index contributed by atoms with van der Waals surface area (Å²) >= 11 is 1.68. The first kappa shape index (κ1) is 16.4. The van der Waals surface area contributed by atoms with E-state index in [-0.39, 0.29) is 24.4 Å². The van der Waals surface area contributed by atoms with Gasteiger partial charge in [0, 0.05) is 24.0 Å². The second kappa shape index (κ2) is 7.85. The summed E-state index contributed by atoms with van der Waals surface area (Å²) in [6, 6.07) is 4.72. The summed E-state index contributed by atoms with van der Waals surface area (Å²) in [6.45, 7) is 4.52. The third kappa shape index (κ3) is 4.76. The minimum absolute atomic E-state index is 0. The van der Waals surface area contributed by atoms with Crippen LogP contribution in [0.5, 0.6) is 0 Å². The van der Waals surface area contributed by atoms with Gasteiger partial charge in [-0.2, -0.15) is 0 Å². The summed E-state index contributed by atoms with van der Waals surface area (Å²) in [6.07, 6.45) is 1.13. The van der Waals surface area contributed by atoms with Gasteiger partial charge in [0.05, 0.1) is 12.6 Å². The number of carbonyl (C=O) groups is 1. The molecule has 19 heavy (non-hydrogen) atoms. The molecule has 2 N–H and O–H groups in total. The Labute approximate surface area is 125 Å². The number of hydrogen-bond acceptors (Lipinski definition) is 4. The van der Waals surface area contributed by atoms with Crippen LogP contribution in [0.25, 0.3) is 0 Å². The molecule has 1 fully saturated rings. The summed E-state index contributed by atoms with van der Waals surface area (Å²) in [4.78, 5) is 15.3. The predicted molar refractivity (Wildman–Crippen MR) is 82.0 cm³/mol. The molecular weight excluding hydrogens is 282 g/mol. The average molecular weight is 304 g/mol. The van der Waals surface area contributed by atoms with Crippen LogP contribution in [-0.2, 0) is 4.79 Å². The summed E-state index contributed by atoms with van der Waals surface area (Å²) < 4.78 is 0. The Bertz CT molecular complexity index is 385. The second-order valence-corrected chi connectivity index (χ2v) is 5.79. The minimum Gasteiger partial charge on any atom is -0.348 e. The maximum atomic E-state index is 11.9. The number of likely N-dealkylation sites (tertiary alicyclic amines) is 1. The summed E-state index contributed by atoms with van der Waals surface area (Å²) in [5, 5.41) is 8.35. The van der Waals surface area contributed by atoms with Crippen molar-refractivity contribution in [1.82, 2.24) is 15.5 Å². The highest BCUT2D eigenvalue weighted by molar-refractivity contribution is 7.10. The zero-order valence-corrected chi connectivity index (χ0v) is 13.0. The van der Waals surface area contributed by atoms with Gasteiger partial charge < -0.3 is 10.6 Å². The van der Waals surface area contributed by atoms with Crippen molar-refractivity contribution in [3.8, 4) is 0 Å². The standard InChI is InChI=1S/C13H21N3OS.ClH/c1-10(12-4-3-7-18-12)15-13(17)9-16-6-5-11(8-16)14-2;/h3-4,7,10-11,14H,5-6,8-9H2,1-2H3,(H,15,17);1H. The predicted octanol–water partition coefficient (Wildman–Crippen LogP) is 1.64. The van der Waals surface area contributed by atoms with Gasteiger partial charge >= 0.3 is 0 Å². The van der Waals surface area contributed by atoms with Crippen LogP contribution in [0.15, 0.2) is 17.5 Å². The first-order valence-electron chi connectivity index (χ1n) is 6.41. The summed E-state index contributed by atoms with van der Waals surface area (Å²) in [7, 11) is 1.98. The largest absolute Gasteiger partial charge is 0.348 e. The molecule has 2 atom stereocenters. The molecule has 108 valence electrons. The molecule has 1 aromatic rings. The first-order chi connectivity index (χ1) is 8.69. The first-order valence-corrected chi connectivity index (χ1v) is 7.29. The quantitative estimate of drug-likeness (QED) is 0.869. The SMILES string of the molecule is CNC1CCN(CC(=O)NC(C)c2cccs2)C1.Cl. The Kier molecular flexibility index (Phi) is 6.79. The number of hydrogen-bond donors (Lipinski definition) is 2. The van der Waals surface area contributed by atoms with E-state index < -0.39 is 0 Å². The fourth-order valence-electron chi connectivity index (χ4n) is 2.31. The number of nitrogens with zero attached hydrogens (tertiary/aromatic N) is 1. The molecule has 6 heteroatoms. The molecule has 2 unspecified atom stereocenters. The molecule has 0 aromatic carbocycles. The maximum Gasteiger partial charge on any atom is 0.234 e. The van der Waals surface area contributed by atoms with Crippen LogP contribution in [0, 0.1) is 0 Å². The summed E-state index contributed by atoms with van der Waals surface area (Å²) in [5.74, 6) is 0.118. The van der Waals surface area contributed by atoms with Gasteiger partial charge in [-0.1, -0.05) is 6.07 Å². The lowest BCUT2D eigenvalue weighted by Crippen LogP contribution is -2.38. The molecule has 0 radical (unpaired) electrons. The van der Waals surface area contributed by atoms with E-state index in [9.17, 15) is 4.79 Å². The van der Waals surface area contributed by atoms with Crippen molar-refractivity contribution in [2.45, 2.75) is 25.4 Å². The molecule has 2 heterocycles. The zero-order chi connectivity index (χ0) is 13.0. The minimum atomic E-state index is 0. The highest BCUT2D eigenvalue weighted by atomic mass is 35.5. The second-order valence-electron chi connectivity index (χ2n) is 4.81. The van der Waals surface area contributed by atoms with Crippen LogP contribution >= 0.6 is 23.7 Å². The third-order valence-corrected chi connectivity index (χ3v) is 4.45. The van der Waals surface area contributed by atoms with Crippen molar-refractivity contribution in [1.29, 1.82) is 0 Å². The van der Waals surface area contributed by atoms with E-state index in [1.807, 2.05) is 25.4 Å². The molecule has 1 saturated heterocycles. The Hall–Kier alpha value is -0.620. The average Bonchev–Trinajstić information content (AvgIpc) is 2.98. The van der Waals surface area contributed by atoms with E-state index in [0.29, 0.717) is 12.6 Å². The topological polar surface area (TPSA) is 44.4 Å². The molecule has 0 aliphatic carbocycles. The van der Waals surface area contributed by atoms with Gasteiger partial charge in [0.15, 0.2) is 0 Å². The number of halogens is 1. The van der Waals surface area contributed by atoms with Crippen molar-refractivity contribution >= 4 is 29.7 Å². The van der Waals surface area contributed by atoms with Crippen LogP contribution in [-0.4, -0.2) is 43.5 Å². The van der Waals surface area contributed by atoms with Gasteiger partial charge in [0.2, 0.25) is 5.91 Å². The Morgan fingerprint density at radius 3 is 3.00 bits per heavy atom. The lowest BCUT2D eigenvalue weighted by atomic mass is 10.2. The van der Waals surface area contributed by atoms with Crippen LogP contribution in [0.3, 0.4) is 0 Å². The molecular formula is C13H22ClN3OS. The van der Waals surface area contributed by atoms with E-state index >= 15 is 0 Å². The highest BCUT2D eigenvalue weighted by Crippen LogP contribution is 2.18. The number of nitrogens with one attached hydrogen (secondary N) is 2. The monoisotopic (exact) mass is 303 g/mol. The third-order valence-electron chi connectivity index (χ3n) is 3.40. The molecule has 1 amide bonds. The van der Waals surface area contributed by atoms with Crippen LogP contribution in [0.4, 0.5) is 0 Å². The van der Waals surface area contributed by atoms with Crippen molar-refractivity contribution in [3.63, 3.8) is 0 Å². The van der Waals surface area contributed by atoms with Gasteiger partial charge in [-0.3, -0.25) is 9.69 Å². The van der Waals surface area contributed by atoms with E-state index in [2.05, 4.69) is 21.6 Å². The highest BCUT2D eigenvalue weighted by Gasteiger charge is 2.23. The van der Waals surface area contributed by atoms with Crippen LogP contribution in [0.1, 0.15) is 24.3 Å². The fourth-order valence-corrected chi connectivity index (χ4v) is 3.05. The Balaban J connectivity index is 0.00000180. The van der Waals surface area contributed by atoms with Crippen molar-refractivity contribution in [2.75, 3.05) is 26.7 Å². The number of likely N-dealkylation sites (N-methyl/N-ethyl adjacent to an activating group) is 1. The summed E-state index contributed by atoms with van der Waals surface area (Å²) in [5.41, 5.74) is 0. The smallest absolute Gasteiger partial charge is 0.234 e. The maximum absolute atomic E-state index is 11.9. The Morgan fingerprint density at radius 1 is 1.63 bits per heavy atom. The van der Waals surface area contributed by atoms with E-state index in [1.54, 1.807) is 11.3 Å². The number of carbonyl (C=O) groups excluding carboxylic acids is 1. The fraction of sp³-hybridized carbons (Fsp3) is 0.615. The van der Waals surface area contributed by atoms with Gasteiger partial charge in [-0.05, 0) is 31.8 Å². The van der Waals surface area contributed by atoms with E-state index in [0.717, 1.165) is 19.5 Å². The van der Waals surface area contributed by atoms with E-state index in [4.69, 9.17) is 0 Å². The van der Waals surface area contributed by atoms with E-state index in [1.165, 1.54) is 4.88 Å². The molecule has 0 bridgehead atoms. The van der Waals surface area contributed by atoms with Crippen molar-refractivity contribution < 1.29 is 4.79 Å². The van der Waals surface area contributed by atoms with Crippen molar-refractivity contribution in [2.24, 2.45) is 0 Å². The molecule has 1 aromatic heterocycles. The normalized spacial score (nSPS) is 20.8. The lowest BCUT2D eigenvalue weighted by Gasteiger charge is -2.18. The molecule has 1 aliphatic heterocycles.